The average molecular weight is 464 g/mol. The summed E-state index contributed by atoms with van der Waals surface area (Å²) in [5.41, 5.74) is -0.298. The zero-order valence-electron chi connectivity index (χ0n) is 16.2. The van der Waals surface area contributed by atoms with Crippen molar-refractivity contribution in [3.05, 3.63) is 70.1 Å². The standard InChI is InChI=1S/C19H15ClFN5O4S/c1-25(14-6-4-3-5-13(14)21)31(28,29)11-7-8-12(20)15(9-11)26-17-16(24-19(26)27)18(30-2)23-10-22-17/h3-10H,1-2H3,(H,24,27). The fourth-order valence-electron chi connectivity index (χ4n) is 3.10. The lowest BCUT2D eigenvalue weighted by molar-refractivity contribution is 0.401. The molecule has 0 aliphatic rings. The van der Waals surface area contributed by atoms with Crippen LogP contribution in [0.4, 0.5) is 10.1 Å². The van der Waals surface area contributed by atoms with Crippen LogP contribution in [0.3, 0.4) is 0 Å². The number of hydrogen-bond acceptors (Lipinski definition) is 6. The Kier molecular flexibility index (Phi) is 5.15. The molecule has 0 bridgehead atoms. The van der Waals surface area contributed by atoms with E-state index in [1.54, 1.807) is 0 Å². The smallest absolute Gasteiger partial charge is 0.332 e. The fourth-order valence-corrected chi connectivity index (χ4v) is 4.52. The molecule has 2 aromatic carbocycles. The van der Waals surface area contributed by atoms with Gasteiger partial charge in [0.2, 0.25) is 5.88 Å². The normalized spacial score (nSPS) is 11.6. The minimum atomic E-state index is -4.17. The molecule has 2 aromatic heterocycles. The monoisotopic (exact) mass is 463 g/mol. The van der Waals surface area contributed by atoms with Gasteiger partial charge >= 0.3 is 5.69 Å². The second-order valence-electron chi connectivity index (χ2n) is 6.38. The van der Waals surface area contributed by atoms with Gasteiger partial charge in [-0.15, -0.1) is 0 Å². The van der Waals surface area contributed by atoms with E-state index in [0.29, 0.717) is 0 Å². The summed E-state index contributed by atoms with van der Waals surface area (Å²) in [5, 5.41) is 0.105. The molecule has 0 saturated carbocycles. The number of fused-ring (bicyclic) bond motifs is 1. The van der Waals surface area contributed by atoms with E-state index in [1.807, 2.05) is 0 Å². The largest absolute Gasteiger partial charge is 0.479 e. The molecule has 1 N–H and O–H groups in total. The van der Waals surface area contributed by atoms with Crippen LogP contribution >= 0.6 is 11.6 Å². The Balaban J connectivity index is 1.90. The minimum absolute atomic E-state index is 0.0710. The Morgan fingerprint density at radius 1 is 1.19 bits per heavy atom. The Morgan fingerprint density at radius 3 is 2.65 bits per heavy atom. The first-order valence-corrected chi connectivity index (χ1v) is 10.6. The molecule has 0 atom stereocenters. The van der Waals surface area contributed by atoms with Gasteiger partial charge in [0.1, 0.15) is 17.7 Å². The molecule has 0 radical (unpaired) electrons. The summed E-state index contributed by atoms with van der Waals surface area (Å²) in [4.78, 5) is 23.0. The number of rotatable bonds is 5. The highest BCUT2D eigenvalue weighted by atomic mass is 35.5. The highest BCUT2D eigenvalue weighted by molar-refractivity contribution is 7.92. The van der Waals surface area contributed by atoms with Crippen molar-refractivity contribution in [2.24, 2.45) is 0 Å². The molecule has 4 aromatic rings. The molecule has 0 aliphatic heterocycles. The van der Waals surface area contributed by atoms with Crippen LogP contribution in [0.25, 0.3) is 16.9 Å². The Hall–Kier alpha value is -3.44. The molecule has 0 unspecified atom stereocenters. The molecular weight excluding hydrogens is 449 g/mol. The van der Waals surface area contributed by atoms with Crippen molar-refractivity contribution < 1.29 is 17.5 Å². The van der Waals surface area contributed by atoms with Gasteiger partial charge in [-0.25, -0.2) is 27.2 Å². The molecule has 0 spiro atoms. The van der Waals surface area contributed by atoms with Crippen LogP contribution < -0.4 is 14.7 Å². The quantitative estimate of drug-likeness (QED) is 0.487. The van der Waals surface area contributed by atoms with Crippen LogP contribution in [0.2, 0.25) is 5.02 Å². The van der Waals surface area contributed by atoms with Gasteiger partial charge in [-0.1, -0.05) is 23.7 Å². The number of nitrogens with one attached hydrogen (secondary N) is 1. The summed E-state index contributed by atoms with van der Waals surface area (Å²) in [6.07, 6.45) is 1.20. The molecule has 0 aliphatic carbocycles. The molecule has 0 saturated heterocycles. The van der Waals surface area contributed by atoms with Crippen LogP contribution in [0.15, 0.2) is 58.5 Å². The number of aromatic nitrogens is 4. The number of anilines is 1. The molecule has 160 valence electrons. The van der Waals surface area contributed by atoms with Crippen molar-refractivity contribution in [1.82, 2.24) is 19.5 Å². The summed E-state index contributed by atoms with van der Waals surface area (Å²) in [6, 6.07) is 9.31. The lowest BCUT2D eigenvalue weighted by Gasteiger charge is -2.20. The van der Waals surface area contributed by atoms with Gasteiger partial charge < -0.3 is 4.74 Å². The van der Waals surface area contributed by atoms with Gasteiger partial charge in [-0.3, -0.25) is 9.29 Å². The zero-order chi connectivity index (χ0) is 22.3. The predicted molar refractivity (Wildman–Crippen MR) is 113 cm³/mol. The number of H-pyrrole nitrogens is 1. The Bertz CT molecular complexity index is 1470. The van der Waals surface area contributed by atoms with E-state index in [-0.39, 0.29) is 38.3 Å². The number of nitrogens with zero attached hydrogens (tertiary/aromatic N) is 4. The second-order valence-corrected chi connectivity index (χ2v) is 8.76. The molecular formula is C19H15ClFN5O4S. The van der Waals surface area contributed by atoms with Crippen LogP contribution in [0, 0.1) is 5.82 Å². The molecule has 9 nitrogen and oxygen atoms in total. The molecule has 4 rings (SSSR count). The average Bonchev–Trinajstić information content (AvgIpc) is 3.09. The number of halogens is 2. The summed E-state index contributed by atoms with van der Waals surface area (Å²) in [7, 11) is -1.55. The first-order valence-electron chi connectivity index (χ1n) is 8.79. The zero-order valence-corrected chi connectivity index (χ0v) is 17.8. The maximum absolute atomic E-state index is 14.1. The SMILES string of the molecule is COc1ncnc2c1[nH]c(=O)n2-c1cc(S(=O)(=O)N(C)c2ccccc2F)ccc1Cl. The third kappa shape index (κ3) is 3.41. The van der Waals surface area contributed by atoms with E-state index < -0.39 is 21.5 Å². The van der Waals surface area contributed by atoms with Gasteiger partial charge in [-0.2, -0.15) is 4.98 Å². The fraction of sp³-hybridized carbons (Fsp3) is 0.105. The van der Waals surface area contributed by atoms with E-state index in [9.17, 15) is 17.6 Å². The lowest BCUT2D eigenvalue weighted by atomic mass is 10.3. The molecule has 2 heterocycles. The van der Waals surface area contributed by atoms with Crippen molar-refractivity contribution in [2.45, 2.75) is 4.90 Å². The number of ether oxygens (including phenoxy) is 1. The van der Waals surface area contributed by atoms with Gasteiger partial charge in [-0.05, 0) is 30.3 Å². The third-order valence-electron chi connectivity index (χ3n) is 4.64. The van der Waals surface area contributed by atoms with E-state index >= 15 is 0 Å². The lowest BCUT2D eigenvalue weighted by Crippen LogP contribution is -2.27. The summed E-state index contributed by atoms with van der Waals surface area (Å²) >= 11 is 6.29. The van der Waals surface area contributed by atoms with Crippen molar-refractivity contribution in [3.8, 4) is 11.6 Å². The predicted octanol–water partition coefficient (Wildman–Crippen LogP) is 2.74. The summed E-state index contributed by atoms with van der Waals surface area (Å²) in [5.74, 6) is -0.556. The van der Waals surface area contributed by atoms with E-state index in [2.05, 4.69) is 15.0 Å². The number of aromatic amines is 1. The van der Waals surface area contributed by atoms with E-state index in [4.69, 9.17) is 16.3 Å². The van der Waals surface area contributed by atoms with Gasteiger partial charge in [0.05, 0.1) is 28.4 Å². The number of para-hydroxylation sites is 1. The van der Waals surface area contributed by atoms with Gasteiger partial charge in [0.25, 0.3) is 10.0 Å². The molecule has 0 fully saturated rings. The van der Waals surface area contributed by atoms with Crippen LogP contribution in [-0.4, -0.2) is 42.1 Å². The first kappa shape index (κ1) is 20.8. The van der Waals surface area contributed by atoms with Crippen molar-refractivity contribution >= 4 is 38.5 Å². The molecule has 12 heteroatoms. The van der Waals surface area contributed by atoms with Crippen molar-refractivity contribution in [2.75, 3.05) is 18.5 Å². The highest BCUT2D eigenvalue weighted by Gasteiger charge is 2.25. The second kappa shape index (κ2) is 7.67. The number of benzene rings is 2. The number of imidazole rings is 1. The molecule has 31 heavy (non-hydrogen) atoms. The number of methoxy groups -OCH3 is 1. The van der Waals surface area contributed by atoms with E-state index in [1.165, 1.54) is 56.9 Å². The first-order chi connectivity index (χ1) is 14.8. The Morgan fingerprint density at radius 2 is 1.94 bits per heavy atom. The van der Waals surface area contributed by atoms with Crippen LogP contribution in [-0.2, 0) is 10.0 Å². The number of sulfonamides is 1. The Labute approximate surface area is 180 Å². The third-order valence-corrected chi connectivity index (χ3v) is 6.73. The number of hydrogen-bond donors (Lipinski definition) is 1. The molecule has 0 amide bonds. The maximum Gasteiger partial charge on any atom is 0.332 e. The van der Waals surface area contributed by atoms with Crippen LogP contribution in [0.5, 0.6) is 5.88 Å². The van der Waals surface area contributed by atoms with Crippen LogP contribution in [0.1, 0.15) is 0 Å². The topological polar surface area (TPSA) is 110 Å². The van der Waals surface area contributed by atoms with Crippen molar-refractivity contribution in [3.63, 3.8) is 0 Å². The highest BCUT2D eigenvalue weighted by Crippen LogP contribution is 2.30. The van der Waals surface area contributed by atoms with Gasteiger partial charge in [0, 0.05) is 7.05 Å². The van der Waals surface area contributed by atoms with Gasteiger partial charge in [0.15, 0.2) is 5.65 Å². The summed E-state index contributed by atoms with van der Waals surface area (Å²) in [6.45, 7) is 0. The maximum atomic E-state index is 14.1. The minimum Gasteiger partial charge on any atom is -0.479 e. The van der Waals surface area contributed by atoms with Crippen molar-refractivity contribution in [1.29, 1.82) is 0 Å². The van der Waals surface area contributed by atoms with E-state index in [0.717, 1.165) is 14.9 Å². The summed E-state index contributed by atoms with van der Waals surface area (Å²) < 4.78 is 47.5.